The summed E-state index contributed by atoms with van der Waals surface area (Å²) in [4.78, 5) is 2.61. The molecule has 2 heteroatoms. The highest BCUT2D eigenvalue weighted by Crippen LogP contribution is 2.33. The Morgan fingerprint density at radius 1 is 1.05 bits per heavy atom. The van der Waals surface area contributed by atoms with Crippen LogP contribution in [-0.4, -0.2) is 31.1 Å². The summed E-state index contributed by atoms with van der Waals surface area (Å²) in [5.74, 6) is 2.70. The van der Waals surface area contributed by atoms with Gasteiger partial charge in [-0.15, -0.1) is 0 Å². The zero-order valence-corrected chi connectivity index (χ0v) is 13.1. The molecule has 3 unspecified atom stereocenters. The molecule has 0 aromatic carbocycles. The van der Waals surface area contributed by atoms with Crippen LogP contribution in [0.25, 0.3) is 0 Å². The standard InChI is InChI=1S/C17H34N2/c1-14-7-6-10-16(11-14)17(12-18)19(2)13-15-8-4-3-5-9-15/h14-17H,3-13,18H2,1-2H3. The van der Waals surface area contributed by atoms with E-state index in [0.29, 0.717) is 6.04 Å². The first kappa shape index (κ1) is 15.3. The second-order valence-corrected chi connectivity index (χ2v) is 7.28. The van der Waals surface area contributed by atoms with Gasteiger partial charge in [-0.1, -0.05) is 39.0 Å². The minimum absolute atomic E-state index is 0.629. The summed E-state index contributed by atoms with van der Waals surface area (Å²) in [6.45, 7) is 4.55. The molecule has 19 heavy (non-hydrogen) atoms. The highest BCUT2D eigenvalue weighted by Gasteiger charge is 2.29. The van der Waals surface area contributed by atoms with Gasteiger partial charge in [0, 0.05) is 19.1 Å². The van der Waals surface area contributed by atoms with E-state index >= 15 is 0 Å². The molecule has 0 spiro atoms. The Bertz CT molecular complexity index is 248. The fourth-order valence-electron chi connectivity index (χ4n) is 4.48. The second kappa shape index (κ2) is 7.64. The van der Waals surface area contributed by atoms with Crippen molar-refractivity contribution in [3.05, 3.63) is 0 Å². The lowest BCUT2D eigenvalue weighted by Crippen LogP contribution is -2.46. The lowest BCUT2D eigenvalue weighted by Gasteiger charge is -2.39. The van der Waals surface area contributed by atoms with Crippen LogP contribution in [0.3, 0.4) is 0 Å². The monoisotopic (exact) mass is 266 g/mol. The predicted octanol–water partition coefficient (Wildman–Crippen LogP) is 3.65. The van der Waals surface area contributed by atoms with E-state index in [-0.39, 0.29) is 0 Å². The Morgan fingerprint density at radius 3 is 2.42 bits per heavy atom. The van der Waals surface area contributed by atoms with E-state index in [4.69, 9.17) is 5.73 Å². The van der Waals surface area contributed by atoms with Gasteiger partial charge in [-0.3, -0.25) is 0 Å². The topological polar surface area (TPSA) is 29.3 Å². The molecule has 0 amide bonds. The van der Waals surface area contributed by atoms with Crippen molar-refractivity contribution in [1.82, 2.24) is 4.90 Å². The smallest absolute Gasteiger partial charge is 0.0243 e. The molecule has 0 bridgehead atoms. The maximum absolute atomic E-state index is 6.11. The fourth-order valence-corrected chi connectivity index (χ4v) is 4.48. The van der Waals surface area contributed by atoms with Crippen molar-refractivity contribution in [3.63, 3.8) is 0 Å². The molecule has 2 aliphatic rings. The van der Waals surface area contributed by atoms with Gasteiger partial charge in [0.05, 0.1) is 0 Å². The van der Waals surface area contributed by atoms with E-state index in [2.05, 4.69) is 18.9 Å². The molecule has 0 aromatic rings. The number of hydrogen-bond donors (Lipinski definition) is 1. The number of rotatable bonds is 5. The summed E-state index contributed by atoms with van der Waals surface area (Å²) in [7, 11) is 2.32. The molecule has 2 aliphatic carbocycles. The summed E-state index contributed by atoms with van der Waals surface area (Å²) in [6.07, 6.45) is 12.9. The third-order valence-electron chi connectivity index (χ3n) is 5.60. The van der Waals surface area contributed by atoms with Crippen LogP contribution in [0.5, 0.6) is 0 Å². The average molecular weight is 266 g/mol. The number of likely N-dealkylation sites (N-methyl/N-ethyl adjacent to an activating group) is 1. The molecule has 0 radical (unpaired) electrons. The van der Waals surface area contributed by atoms with Gasteiger partial charge >= 0.3 is 0 Å². The summed E-state index contributed by atoms with van der Waals surface area (Å²) >= 11 is 0. The van der Waals surface area contributed by atoms with Crippen molar-refractivity contribution in [3.8, 4) is 0 Å². The van der Waals surface area contributed by atoms with Crippen LogP contribution in [0, 0.1) is 17.8 Å². The number of hydrogen-bond acceptors (Lipinski definition) is 2. The summed E-state index contributed by atoms with van der Waals surface area (Å²) in [6, 6.07) is 0.629. The molecule has 112 valence electrons. The first-order chi connectivity index (χ1) is 9.20. The van der Waals surface area contributed by atoms with Crippen molar-refractivity contribution >= 4 is 0 Å². The van der Waals surface area contributed by atoms with Crippen LogP contribution < -0.4 is 5.73 Å². The van der Waals surface area contributed by atoms with E-state index < -0.39 is 0 Å². The SMILES string of the molecule is CC1CCCC(C(CN)N(C)CC2CCCCC2)C1. The fraction of sp³-hybridized carbons (Fsp3) is 1.00. The van der Waals surface area contributed by atoms with E-state index in [1.54, 1.807) is 0 Å². The van der Waals surface area contributed by atoms with Crippen LogP contribution in [0.15, 0.2) is 0 Å². The maximum Gasteiger partial charge on any atom is 0.0243 e. The van der Waals surface area contributed by atoms with Crippen LogP contribution in [0.1, 0.15) is 64.7 Å². The summed E-state index contributed by atoms with van der Waals surface area (Å²) in [5, 5.41) is 0. The van der Waals surface area contributed by atoms with Crippen molar-refractivity contribution in [2.24, 2.45) is 23.5 Å². The van der Waals surface area contributed by atoms with Crippen molar-refractivity contribution < 1.29 is 0 Å². The Kier molecular flexibility index (Phi) is 6.15. The number of nitrogens with two attached hydrogens (primary N) is 1. The van der Waals surface area contributed by atoms with Crippen molar-refractivity contribution in [2.75, 3.05) is 20.1 Å². The molecule has 2 rings (SSSR count). The predicted molar refractivity (Wildman–Crippen MR) is 83.2 cm³/mol. The molecular formula is C17H34N2. The minimum atomic E-state index is 0.629. The molecule has 0 heterocycles. The van der Waals surface area contributed by atoms with Gasteiger partial charge in [-0.2, -0.15) is 0 Å². The third kappa shape index (κ3) is 4.46. The largest absolute Gasteiger partial charge is 0.329 e. The van der Waals surface area contributed by atoms with Gasteiger partial charge in [0.2, 0.25) is 0 Å². The lowest BCUT2D eigenvalue weighted by molar-refractivity contribution is 0.108. The molecule has 3 atom stereocenters. The Balaban J connectivity index is 1.84. The first-order valence-electron chi connectivity index (χ1n) is 8.61. The van der Waals surface area contributed by atoms with Gasteiger partial charge < -0.3 is 10.6 Å². The molecule has 2 fully saturated rings. The minimum Gasteiger partial charge on any atom is -0.329 e. The van der Waals surface area contributed by atoms with Gasteiger partial charge in [-0.25, -0.2) is 0 Å². The molecule has 0 saturated heterocycles. The summed E-state index contributed by atoms with van der Waals surface area (Å²) in [5.41, 5.74) is 6.11. The average Bonchev–Trinajstić information content (AvgIpc) is 2.41. The highest BCUT2D eigenvalue weighted by molar-refractivity contribution is 4.84. The lowest BCUT2D eigenvalue weighted by atomic mass is 9.78. The molecular weight excluding hydrogens is 232 g/mol. The maximum atomic E-state index is 6.11. The molecule has 0 aliphatic heterocycles. The van der Waals surface area contributed by atoms with Gasteiger partial charge in [0.15, 0.2) is 0 Å². The Labute approximate surface area is 120 Å². The number of nitrogens with zero attached hydrogens (tertiary/aromatic N) is 1. The molecule has 2 nitrogen and oxygen atoms in total. The zero-order valence-electron chi connectivity index (χ0n) is 13.1. The zero-order chi connectivity index (χ0) is 13.7. The second-order valence-electron chi connectivity index (χ2n) is 7.28. The van der Waals surface area contributed by atoms with E-state index in [1.807, 2.05) is 0 Å². The van der Waals surface area contributed by atoms with Crippen LogP contribution in [0.4, 0.5) is 0 Å². The summed E-state index contributed by atoms with van der Waals surface area (Å²) < 4.78 is 0. The molecule has 0 aromatic heterocycles. The molecule has 2 saturated carbocycles. The normalized spacial score (nSPS) is 31.6. The van der Waals surface area contributed by atoms with E-state index in [1.165, 1.54) is 64.3 Å². The van der Waals surface area contributed by atoms with Crippen LogP contribution in [0.2, 0.25) is 0 Å². The van der Waals surface area contributed by atoms with E-state index in [0.717, 1.165) is 24.3 Å². The van der Waals surface area contributed by atoms with E-state index in [9.17, 15) is 0 Å². The quantitative estimate of drug-likeness (QED) is 0.823. The van der Waals surface area contributed by atoms with Gasteiger partial charge in [-0.05, 0) is 50.5 Å². The van der Waals surface area contributed by atoms with Crippen LogP contribution in [-0.2, 0) is 0 Å². The third-order valence-corrected chi connectivity index (χ3v) is 5.60. The van der Waals surface area contributed by atoms with Gasteiger partial charge in [0.25, 0.3) is 0 Å². The highest BCUT2D eigenvalue weighted by atomic mass is 15.1. The van der Waals surface area contributed by atoms with Crippen molar-refractivity contribution in [1.29, 1.82) is 0 Å². The Hall–Kier alpha value is -0.0800. The van der Waals surface area contributed by atoms with Crippen LogP contribution >= 0.6 is 0 Å². The first-order valence-corrected chi connectivity index (χ1v) is 8.61. The van der Waals surface area contributed by atoms with Gasteiger partial charge in [0.1, 0.15) is 0 Å². The molecule has 2 N–H and O–H groups in total. The van der Waals surface area contributed by atoms with Crippen molar-refractivity contribution in [2.45, 2.75) is 70.8 Å². The Morgan fingerprint density at radius 2 is 1.79 bits per heavy atom.